The molecule has 1 aliphatic rings. The number of methoxy groups -OCH3 is 2. The van der Waals surface area contributed by atoms with Gasteiger partial charge in [0.1, 0.15) is 23.7 Å². The lowest BCUT2D eigenvalue weighted by Crippen LogP contribution is -2.52. The van der Waals surface area contributed by atoms with E-state index in [4.69, 9.17) is 14.2 Å². The number of benzene rings is 3. The van der Waals surface area contributed by atoms with Gasteiger partial charge >= 0.3 is 0 Å². The zero-order chi connectivity index (χ0) is 26.2. The Balaban J connectivity index is 1.89. The number of nitro groups is 1. The highest BCUT2D eigenvalue weighted by Crippen LogP contribution is 2.45. The van der Waals surface area contributed by atoms with Crippen LogP contribution in [-0.4, -0.2) is 37.6 Å². The predicted molar refractivity (Wildman–Crippen MR) is 133 cm³/mol. The minimum Gasteiger partial charge on any atom is -0.496 e. The van der Waals surface area contributed by atoms with E-state index in [2.05, 4.69) is 5.32 Å². The summed E-state index contributed by atoms with van der Waals surface area (Å²) in [5.74, 6) is 0.174. The number of hydrogen-bond acceptors (Lipinski definition) is 7. The lowest BCUT2D eigenvalue weighted by molar-refractivity contribution is -0.385. The Morgan fingerprint density at radius 1 is 1.00 bits per heavy atom. The first-order valence-electron chi connectivity index (χ1n) is 11.1. The molecule has 36 heavy (non-hydrogen) atoms. The summed E-state index contributed by atoms with van der Waals surface area (Å²) in [7, 11) is 4.55. The number of hydrogen-bond donors (Lipinski definition) is 1. The van der Waals surface area contributed by atoms with Crippen molar-refractivity contribution in [2.75, 3.05) is 31.5 Å². The normalized spacial score (nSPS) is 14.1. The maximum Gasteiger partial charge on any atom is 0.273 e. The van der Waals surface area contributed by atoms with Crippen molar-refractivity contribution >= 4 is 23.0 Å². The van der Waals surface area contributed by atoms with E-state index in [0.29, 0.717) is 39.6 Å². The molecule has 0 aliphatic carbocycles. The van der Waals surface area contributed by atoms with Crippen LogP contribution in [0.5, 0.6) is 17.2 Å². The molecule has 0 atom stereocenters. The molecule has 0 spiro atoms. The van der Waals surface area contributed by atoms with Crippen LogP contribution in [0.2, 0.25) is 0 Å². The second-order valence-corrected chi connectivity index (χ2v) is 8.83. The van der Waals surface area contributed by atoms with Crippen molar-refractivity contribution < 1.29 is 28.3 Å². The summed E-state index contributed by atoms with van der Waals surface area (Å²) < 4.78 is 30.8. The SMILES string of the molecule is COc1ccc([N+](=O)[O-])cc1OCc1c(-c2ccc(F)cc2OC)ccc2c1N(C)C(=O)C(C)(C)N2. The number of ether oxygens (including phenoxy) is 3. The lowest BCUT2D eigenvalue weighted by atomic mass is 9.92. The van der Waals surface area contributed by atoms with Crippen molar-refractivity contribution in [3.05, 3.63) is 70.0 Å². The molecule has 3 aromatic rings. The van der Waals surface area contributed by atoms with Gasteiger partial charge in [0, 0.05) is 30.3 Å². The molecule has 0 bridgehead atoms. The van der Waals surface area contributed by atoms with Crippen molar-refractivity contribution in [1.29, 1.82) is 0 Å². The fraction of sp³-hybridized carbons (Fsp3) is 0.269. The van der Waals surface area contributed by atoms with Crippen molar-refractivity contribution in [2.45, 2.75) is 26.0 Å². The highest BCUT2D eigenvalue weighted by atomic mass is 19.1. The number of carbonyl (C=O) groups is 1. The third-order valence-corrected chi connectivity index (χ3v) is 6.09. The van der Waals surface area contributed by atoms with E-state index in [-0.39, 0.29) is 24.0 Å². The molecule has 1 N–H and O–H groups in total. The molecular formula is C26H26FN3O6. The molecule has 0 aromatic heterocycles. The molecule has 0 saturated heterocycles. The van der Waals surface area contributed by atoms with E-state index in [1.165, 1.54) is 44.6 Å². The zero-order valence-corrected chi connectivity index (χ0v) is 20.5. The van der Waals surface area contributed by atoms with Gasteiger partial charge in [0.05, 0.1) is 36.6 Å². The van der Waals surface area contributed by atoms with Crippen LogP contribution >= 0.6 is 0 Å². The largest absolute Gasteiger partial charge is 0.496 e. The molecule has 1 heterocycles. The van der Waals surface area contributed by atoms with Crippen LogP contribution in [0.25, 0.3) is 11.1 Å². The number of rotatable bonds is 7. The number of nitrogens with zero attached hydrogens (tertiary/aromatic N) is 2. The second-order valence-electron chi connectivity index (χ2n) is 8.83. The summed E-state index contributed by atoms with van der Waals surface area (Å²) in [6.45, 7) is 3.50. The smallest absolute Gasteiger partial charge is 0.273 e. The molecule has 0 radical (unpaired) electrons. The third kappa shape index (κ3) is 4.37. The topological polar surface area (TPSA) is 103 Å². The average Bonchev–Trinajstić information content (AvgIpc) is 2.85. The van der Waals surface area contributed by atoms with Crippen LogP contribution in [0.1, 0.15) is 19.4 Å². The molecule has 4 rings (SSSR count). The summed E-state index contributed by atoms with van der Waals surface area (Å²) in [4.78, 5) is 25.5. The first kappa shape index (κ1) is 24.8. The minimum atomic E-state index is -0.835. The van der Waals surface area contributed by atoms with Gasteiger partial charge in [-0.3, -0.25) is 14.9 Å². The molecule has 10 heteroatoms. The van der Waals surface area contributed by atoms with E-state index in [1.807, 2.05) is 12.1 Å². The van der Waals surface area contributed by atoms with Gasteiger partial charge < -0.3 is 24.4 Å². The van der Waals surface area contributed by atoms with Crippen LogP contribution in [0.15, 0.2) is 48.5 Å². The van der Waals surface area contributed by atoms with Crippen LogP contribution in [0.4, 0.5) is 21.5 Å². The molecule has 0 saturated carbocycles. The number of fused-ring (bicyclic) bond motifs is 1. The third-order valence-electron chi connectivity index (χ3n) is 6.09. The fourth-order valence-corrected chi connectivity index (χ4v) is 4.36. The highest BCUT2D eigenvalue weighted by molar-refractivity contribution is 6.08. The van der Waals surface area contributed by atoms with E-state index >= 15 is 0 Å². The van der Waals surface area contributed by atoms with Crippen molar-refractivity contribution in [1.82, 2.24) is 0 Å². The van der Waals surface area contributed by atoms with Crippen LogP contribution in [0, 0.1) is 15.9 Å². The Bertz CT molecular complexity index is 1360. The van der Waals surface area contributed by atoms with E-state index in [0.717, 1.165) is 0 Å². The van der Waals surface area contributed by atoms with Crippen molar-refractivity contribution in [3.8, 4) is 28.4 Å². The van der Waals surface area contributed by atoms with Gasteiger partial charge in [0.25, 0.3) is 11.6 Å². The highest BCUT2D eigenvalue weighted by Gasteiger charge is 2.38. The van der Waals surface area contributed by atoms with E-state index in [9.17, 15) is 19.3 Å². The molecule has 0 fully saturated rings. The Labute approximate surface area is 207 Å². The second kappa shape index (κ2) is 9.37. The summed E-state index contributed by atoms with van der Waals surface area (Å²) in [6.07, 6.45) is 0. The maximum atomic E-state index is 13.9. The maximum absolute atomic E-state index is 13.9. The summed E-state index contributed by atoms with van der Waals surface area (Å²) in [6, 6.07) is 11.9. The predicted octanol–water partition coefficient (Wildman–Crippen LogP) is 5.16. The quantitative estimate of drug-likeness (QED) is 0.357. The Kier molecular flexibility index (Phi) is 6.45. The monoisotopic (exact) mass is 495 g/mol. The zero-order valence-electron chi connectivity index (χ0n) is 20.5. The summed E-state index contributed by atoms with van der Waals surface area (Å²) >= 11 is 0. The molecule has 3 aromatic carbocycles. The number of anilines is 2. The number of carbonyl (C=O) groups excluding carboxylic acids is 1. The van der Waals surface area contributed by atoms with Gasteiger partial charge in [0.15, 0.2) is 11.5 Å². The van der Waals surface area contributed by atoms with Crippen LogP contribution < -0.4 is 24.4 Å². The number of nitrogens with one attached hydrogen (secondary N) is 1. The first-order valence-corrected chi connectivity index (χ1v) is 11.1. The summed E-state index contributed by atoms with van der Waals surface area (Å²) in [5.41, 5.74) is 2.14. The number of non-ortho nitro benzene ring substituents is 1. The molecule has 9 nitrogen and oxygen atoms in total. The molecule has 188 valence electrons. The van der Waals surface area contributed by atoms with Gasteiger partial charge in [0.2, 0.25) is 0 Å². The Morgan fingerprint density at radius 2 is 1.69 bits per heavy atom. The van der Waals surface area contributed by atoms with Gasteiger partial charge in [-0.1, -0.05) is 6.07 Å². The van der Waals surface area contributed by atoms with Crippen LogP contribution in [-0.2, 0) is 11.4 Å². The molecule has 1 aliphatic heterocycles. The number of halogens is 1. The molecule has 1 amide bonds. The number of nitro benzene ring substituents is 1. The standard InChI is InChI=1S/C26H26FN3O6/c1-26(2)25(31)29(3)24-19(14-36-23-13-16(30(32)33)7-11-21(23)34-4)17(9-10-20(24)28-26)18-8-6-15(27)12-22(18)35-5/h6-13,28H,14H2,1-5H3. The number of likely N-dealkylation sites (N-methyl/N-ethyl adjacent to an activating group) is 1. The van der Waals surface area contributed by atoms with Crippen molar-refractivity contribution in [3.63, 3.8) is 0 Å². The fourth-order valence-electron chi connectivity index (χ4n) is 4.36. The van der Waals surface area contributed by atoms with Crippen molar-refractivity contribution in [2.24, 2.45) is 0 Å². The van der Waals surface area contributed by atoms with Gasteiger partial charge in [-0.2, -0.15) is 0 Å². The Hall–Kier alpha value is -4.34. The lowest BCUT2D eigenvalue weighted by Gasteiger charge is -2.39. The molecule has 0 unspecified atom stereocenters. The van der Waals surface area contributed by atoms with Gasteiger partial charge in [-0.25, -0.2) is 4.39 Å². The van der Waals surface area contributed by atoms with E-state index in [1.54, 1.807) is 31.9 Å². The minimum absolute atomic E-state index is 0.0731. The Morgan fingerprint density at radius 3 is 2.36 bits per heavy atom. The van der Waals surface area contributed by atoms with Crippen LogP contribution in [0.3, 0.4) is 0 Å². The first-order chi connectivity index (χ1) is 17.1. The van der Waals surface area contributed by atoms with Gasteiger partial charge in [-0.15, -0.1) is 0 Å². The number of amides is 1. The molecular weight excluding hydrogens is 469 g/mol. The summed E-state index contributed by atoms with van der Waals surface area (Å²) in [5, 5.41) is 14.6. The average molecular weight is 496 g/mol. The van der Waals surface area contributed by atoms with Gasteiger partial charge in [-0.05, 0) is 43.7 Å². The van der Waals surface area contributed by atoms with E-state index < -0.39 is 16.3 Å².